The SMILES string of the molecule is CCc1c(C(=O)NC(COC)C(=O)O)cnn1-c1cccc(Cl)c1. The molecule has 0 bridgehead atoms. The van der Waals surface area contributed by atoms with Gasteiger partial charge in [0.2, 0.25) is 0 Å². The number of carbonyl (C=O) groups is 2. The van der Waals surface area contributed by atoms with E-state index in [0.717, 1.165) is 5.69 Å². The summed E-state index contributed by atoms with van der Waals surface area (Å²) in [6.45, 7) is 1.77. The van der Waals surface area contributed by atoms with Crippen LogP contribution in [0.25, 0.3) is 5.69 Å². The Morgan fingerprint density at radius 2 is 2.21 bits per heavy atom. The summed E-state index contributed by atoms with van der Waals surface area (Å²) in [6, 6.07) is 5.97. The van der Waals surface area contributed by atoms with Crippen LogP contribution < -0.4 is 5.32 Å². The Kier molecular flexibility index (Phi) is 5.94. The van der Waals surface area contributed by atoms with Gasteiger partial charge >= 0.3 is 5.97 Å². The highest BCUT2D eigenvalue weighted by molar-refractivity contribution is 6.30. The summed E-state index contributed by atoms with van der Waals surface area (Å²) in [4.78, 5) is 23.6. The van der Waals surface area contributed by atoms with Crippen LogP contribution in [0.4, 0.5) is 0 Å². The van der Waals surface area contributed by atoms with Gasteiger partial charge in [-0.25, -0.2) is 9.48 Å². The number of benzene rings is 1. The van der Waals surface area contributed by atoms with Crippen molar-refractivity contribution in [1.29, 1.82) is 0 Å². The van der Waals surface area contributed by atoms with Crippen molar-refractivity contribution >= 4 is 23.5 Å². The summed E-state index contributed by atoms with van der Waals surface area (Å²) in [5, 5.41) is 16.3. The number of aromatic nitrogens is 2. The number of nitrogens with zero attached hydrogens (tertiary/aromatic N) is 2. The standard InChI is InChI=1S/C16H18ClN3O4/c1-3-14-12(15(21)19-13(9-24-2)16(22)23)8-18-20(14)11-6-4-5-10(17)7-11/h4-8,13H,3,9H2,1-2H3,(H,19,21)(H,22,23). The van der Waals surface area contributed by atoms with Gasteiger partial charge in [0.1, 0.15) is 0 Å². The Morgan fingerprint density at radius 3 is 2.79 bits per heavy atom. The average molecular weight is 352 g/mol. The van der Waals surface area contributed by atoms with E-state index in [9.17, 15) is 9.59 Å². The van der Waals surface area contributed by atoms with Gasteiger partial charge in [-0.15, -0.1) is 0 Å². The van der Waals surface area contributed by atoms with Gasteiger partial charge < -0.3 is 15.2 Å². The molecule has 1 unspecified atom stereocenters. The van der Waals surface area contributed by atoms with Crippen molar-refractivity contribution in [2.24, 2.45) is 0 Å². The van der Waals surface area contributed by atoms with E-state index in [-0.39, 0.29) is 6.61 Å². The summed E-state index contributed by atoms with van der Waals surface area (Å²) in [7, 11) is 1.37. The molecule has 0 radical (unpaired) electrons. The molecule has 1 aromatic heterocycles. The second-order valence-electron chi connectivity index (χ2n) is 5.07. The van der Waals surface area contributed by atoms with Crippen LogP contribution in [0.3, 0.4) is 0 Å². The predicted molar refractivity (Wildman–Crippen MR) is 88.7 cm³/mol. The normalized spacial score (nSPS) is 12.0. The molecule has 1 heterocycles. The molecule has 7 nitrogen and oxygen atoms in total. The first kappa shape index (κ1) is 18.0. The maximum Gasteiger partial charge on any atom is 0.328 e. The Labute approximate surface area is 144 Å². The number of amides is 1. The summed E-state index contributed by atoms with van der Waals surface area (Å²) in [5.74, 6) is -1.67. The molecule has 1 aromatic carbocycles. The van der Waals surface area contributed by atoms with Crippen molar-refractivity contribution in [2.45, 2.75) is 19.4 Å². The first-order valence-corrected chi connectivity index (χ1v) is 7.71. The third kappa shape index (κ3) is 3.93. The third-order valence-electron chi connectivity index (χ3n) is 3.44. The number of ether oxygens (including phenoxy) is 1. The zero-order valence-electron chi connectivity index (χ0n) is 13.3. The van der Waals surface area contributed by atoms with Crippen molar-refractivity contribution in [3.63, 3.8) is 0 Å². The number of carboxylic acid groups (broad SMARTS) is 1. The molecule has 0 aliphatic heterocycles. The minimum absolute atomic E-state index is 0.120. The highest BCUT2D eigenvalue weighted by Crippen LogP contribution is 2.19. The molecule has 0 aliphatic carbocycles. The number of rotatable bonds is 7. The van der Waals surface area contributed by atoms with Crippen LogP contribution in [0.2, 0.25) is 5.02 Å². The van der Waals surface area contributed by atoms with Crippen molar-refractivity contribution in [3.8, 4) is 5.69 Å². The molecule has 8 heteroatoms. The molecule has 1 atom stereocenters. The third-order valence-corrected chi connectivity index (χ3v) is 3.67. The molecule has 128 valence electrons. The molecule has 1 amide bonds. The molecule has 2 N–H and O–H groups in total. The zero-order chi connectivity index (χ0) is 17.7. The lowest BCUT2D eigenvalue weighted by molar-refractivity contribution is -0.140. The Morgan fingerprint density at radius 1 is 1.46 bits per heavy atom. The van der Waals surface area contributed by atoms with E-state index in [1.807, 2.05) is 13.0 Å². The van der Waals surface area contributed by atoms with Crippen LogP contribution in [0.15, 0.2) is 30.5 Å². The smallest absolute Gasteiger partial charge is 0.328 e. The molecule has 0 fully saturated rings. The Hall–Kier alpha value is -2.38. The van der Waals surface area contributed by atoms with Gasteiger partial charge in [-0.1, -0.05) is 24.6 Å². The molecule has 0 saturated carbocycles. The van der Waals surface area contributed by atoms with E-state index >= 15 is 0 Å². The van der Waals surface area contributed by atoms with Crippen molar-refractivity contribution < 1.29 is 19.4 Å². The molecule has 0 saturated heterocycles. The number of hydrogen-bond donors (Lipinski definition) is 2. The van der Waals surface area contributed by atoms with E-state index < -0.39 is 17.9 Å². The molecule has 0 spiro atoms. The molecular weight excluding hydrogens is 334 g/mol. The summed E-state index contributed by atoms with van der Waals surface area (Å²) >= 11 is 6.00. The van der Waals surface area contributed by atoms with Crippen LogP contribution in [-0.2, 0) is 16.0 Å². The van der Waals surface area contributed by atoms with Crippen molar-refractivity contribution in [2.75, 3.05) is 13.7 Å². The second-order valence-corrected chi connectivity index (χ2v) is 5.51. The van der Waals surface area contributed by atoms with Crippen LogP contribution >= 0.6 is 11.6 Å². The fraction of sp³-hybridized carbons (Fsp3) is 0.312. The highest BCUT2D eigenvalue weighted by Gasteiger charge is 2.24. The first-order chi connectivity index (χ1) is 11.5. The summed E-state index contributed by atoms with van der Waals surface area (Å²) < 4.78 is 6.43. The zero-order valence-corrected chi connectivity index (χ0v) is 14.1. The highest BCUT2D eigenvalue weighted by atomic mass is 35.5. The fourth-order valence-corrected chi connectivity index (χ4v) is 2.50. The predicted octanol–water partition coefficient (Wildman–Crippen LogP) is 1.92. The van der Waals surface area contributed by atoms with Gasteiger partial charge in [0.05, 0.1) is 29.7 Å². The van der Waals surface area contributed by atoms with E-state index in [2.05, 4.69) is 10.4 Å². The molecule has 2 aromatic rings. The van der Waals surface area contributed by atoms with Crippen molar-refractivity contribution in [3.05, 3.63) is 46.7 Å². The minimum atomic E-state index is -1.16. The summed E-state index contributed by atoms with van der Waals surface area (Å²) in [5.41, 5.74) is 1.71. The van der Waals surface area contributed by atoms with Crippen LogP contribution in [-0.4, -0.2) is 46.5 Å². The molecule has 0 aliphatic rings. The number of nitrogens with one attached hydrogen (secondary N) is 1. The van der Waals surface area contributed by atoms with E-state index in [0.29, 0.717) is 22.7 Å². The Balaban J connectivity index is 2.31. The van der Waals surface area contributed by atoms with Crippen LogP contribution in [0, 0.1) is 0 Å². The van der Waals surface area contributed by atoms with Crippen LogP contribution in [0.5, 0.6) is 0 Å². The van der Waals surface area contributed by atoms with E-state index in [1.54, 1.807) is 22.9 Å². The lowest BCUT2D eigenvalue weighted by Crippen LogP contribution is -2.44. The fourth-order valence-electron chi connectivity index (χ4n) is 2.31. The Bertz CT molecular complexity index is 745. The van der Waals surface area contributed by atoms with Crippen LogP contribution in [0.1, 0.15) is 23.0 Å². The largest absolute Gasteiger partial charge is 0.480 e. The number of halogens is 1. The van der Waals surface area contributed by atoms with Gasteiger partial charge in [-0.05, 0) is 24.6 Å². The van der Waals surface area contributed by atoms with Gasteiger partial charge in [0, 0.05) is 12.1 Å². The molecular formula is C16H18ClN3O4. The maximum atomic E-state index is 12.4. The topological polar surface area (TPSA) is 93.4 Å². The quantitative estimate of drug-likeness (QED) is 0.794. The second kappa shape index (κ2) is 7.94. The van der Waals surface area contributed by atoms with E-state index in [4.69, 9.17) is 21.4 Å². The number of hydrogen-bond acceptors (Lipinski definition) is 4. The molecule has 2 rings (SSSR count). The molecule has 24 heavy (non-hydrogen) atoms. The number of aliphatic carboxylic acids is 1. The minimum Gasteiger partial charge on any atom is -0.480 e. The lowest BCUT2D eigenvalue weighted by atomic mass is 10.1. The number of carboxylic acids is 1. The van der Waals surface area contributed by atoms with Crippen molar-refractivity contribution in [1.82, 2.24) is 15.1 Å². The van der Waals surface area contributed by atoms with E-state index in [1.165, 1.54) is 13.3 Å². The van der Waals surface area contributed by atoms with Gasteiger partial charge in [-0.2, -0.15) is 5.10 Å². The number of carbonyl (C=O) groups excluding carboxylic acids is 1. The summed E-state index contributed by atoms with van der Waals surface area (Å²) in [6.07, 6.45) is 1.96. The van der Waals surface area contributed by atoms with Gasteiger partial charge in [0.25, 0.3) is 5.91 Å². The monoisotopic (exact) mass is 351 g/mol. The van der Waals surface area contributed by atoms with Gasteiger partial charge in [0.15, 0.2) is 6.04 Å². The number of methoxy groups -OCH3 is 1. The van der Waals surface area contributed by atoms with Gasteiger partial charge in [-0.3, -0.25) is 4.79 Å². The average Bonchev–Trinajstić information content (AvgIpc) is 2.98. The first-order valence-electron chi connectivity index (χ1n) is 7.33. The lowest BCUT2D eigenvalue weighted by Gasteiger charge is -2.14. The maximum absolute atomic E-state index is 12.4.